The van der Waals surface area contributed by atoms with Crippen molar-refractivity contribution in [3.8, 4) is 11.5 Å². The van der Waals surface area contributed by atoms with E-state index in [0.717, 1.165) is 12.8 Å². The van der Waals surface area contributed by atoms with E-state index in [2.05, 4.69) is 23.8 Å². The first kappa shape index (κ1) is 28.2. The smallest absolute Gasteiger partial charge is 0.330 e. The number of phenols is 2. The molecular weight excluding hydrogens is 396 g/mol. The Balaban J connectivity index is 0.000000581. The van der Waals surface area contributed by atoms with E-state index in [0.29, 0.717) is 18.6 Å². The second-order valence-corrected chi connectivity index (χ2v) is 7.15. The van der Waals surface area contributed by atoms with Crippen LogP contribution in [0.25, 0.3) is 6.08 Å². The predicted octanol–water partition coefficient (Wildman–Crippen LogP) is 6.22. The molecule has 1 aromatic rings. The Hall–Kier alpha value is -2.76. The number of benzene rings is 1. The Morgan fingerprint density at radius 2 is 1.55 bits per heavy atom. The van der Waals surface area contributed by atoms with Crippen molar-refractivity contribution in [2.45, 2.75) is 78.1 Å². The maximum absolute atomic E-state index is 10.9. The van der Waals surface area contributed by atoms with Gasteiger partial charge in [0.1, 0.15) is 0 Å². The third-order valence-electron chi connectivity index (χ3n) is 4.35. The molecule has 0 spiro atoms. The van der Waals surface area contributed by atoms with E-state index >= 15 is 0 Å². The summed E-state index contributed by atoms with van der Waals surface area (Å²) < 4.78 is 4.68. The summed E-state index contributed by atoms with van der Waals surface area (Å²) in [6.07, 6.45) is 18.2. The number of carbonyl (C=O) groups excluding carboxylic acids is 1. The zero-order valence-electron chi connectivity index (χ0n) is 18.9. The molecule has 6 nitrogen and oxygen atoms in total. The number of aromatic hydroxyl groups is 2. The van der Waals surface area contributed by atoms with Crippen LogP contribution in [0.2, 0.25) is 0 Å². The number of ether oxygens (including phenoxy) is 1. The molecule has 0 unspecified atom stereocenters. The molecule has 0 heterocycles. The molecule has 0 amide bonds. The van der Waals surface area contributed by atoms with Crippen LogP contribution in [0.1, 0.15) is 83.6 Å². The summed E-state index contributed by atoms with van der Waals surface area (Å²) in [5.41, 5.74) is 0.610. The van der Waals surface area contributed by atoms with Gasteiger partial charge in [-0.05, 0) is 56.4 Å². The molecule has 1 rings (SSSR count). The molecule has 0 bridgehead atoms. The zero-order valence-corrected chi connectivity index (χ0v) is 18.9. The normalized spacial score (nSPS) is 10.8. The maximum Gasteiger partial charge on any atom is 0.330 e. The number of hydrogen-bond donors (Lipinski definition) is 3. The van der Waals surface area contributed by atoms with Crippen molar-refractivity contribution in [3.05, 3.63) is 42.0 Å². The quantitative estimate of drug-likeness (QED) is 0.105. The molecule has 3 N–H and O–H groups in total. The van der Waals surface area contributed by atoms with Crippen LogP contribution >= 0.6 is 0 Å². The third-order valence-corrected chi connectivity index (χ3v) is 4.35. The van der Waals surface area contributed by atoms with Crippen LogP contribution in [0.4, 0.5) is 0 Å². The van der Waals surface area contributed by atoms with Gasteiger partial charge in [0.2, 0.25) is 0 Å². The maximum atomic E-state index is 10.9. The van der Waals surface area contributed by atoms with Crippen LogP contribution in [0.15, 0.2) is 36.4 Å². The molecule has 0 atom stereocenters. The Morgan fingerprint density at radius 1 is 0.903 bits per heavy atom. The van der Waals surface area contributed by atoms with Gasteiger partial charge in [-0.25, -0.2) is 4.79 Å². The highest BCUT2D eigenvalue weighted by molar-refractivity contribution is 5.87. The minimum atomic E-state index is -0.668. The van der Waals surface area contributed by atoms with Gasteiger partial charge >= 0.3 is 11.9 Å². The highest BCUT2D eigenvalue weighted by Crippen LogP contribution is 2.25. The highest BCUT2D eigenvalue weighted by atomic mass is 16.5. The van der Waals surface area contributed by atoms with E-state index in [4.69, 9.17) is 15.3 Å². The molecule has 31 heavy (non-hydrogen) atoms. The molecular formula is C25H38O6. The average Bonchev–Trinajstić information content (AvgIpc) is 2.73. The van der Waals surface area contributed by atoms with Gasteiger partial charge in [-0.15, -0.1) is 0 Å². The lowest BCUT2D eigenvalue weighted by atomic mass is 10.1. The molecule has 0 aliphatic heterocycles. The summed E-state index contributed by atoms with van der Waals surface area (Å²) in [4.78, 5) is 21.2. The Morgan fingerprint density at radius 3 is 2.16 bits per heavy atom. The summed E-state index contributed by atoms with van der Waals surface area (Å²) in [6, 6.07) is 4.27. The number of carbonyl (C=O) groups is 2. The number of carboxylic acids is 1. The van der Waals surface area contributed by atoms with Gasteiger partial charge in [-0.1, -0.05) is 57.2 Å². The monoisotopic (exact) mass is 434 g/mol. The lowest BCUT2D eigenvalue weighted by molar-refractivity contribution is -0.138. The Kier molecular flexibility index (Phi) is 17.5. The summed E-state index contributed by atoms with van der Waals surface area (Å²) in [5, 5.41) is 26.7. The highest BCUT2D eigenvalue weighted by Gasteiger charge is 1.99. The van der Waals surface area contributed by atoms with Crippen LogP contribution in [-0.2, 0) is 14.3 Å². The SMILES string of the molecule is CCCC/C=C\CCCCCCCC(=O)O.CCOC(=O)/C=C/c1ccc(O)c(O)c1. The first-order valence-electron chi connectivity index (χ1n) is 11.1. The number of aliphatic carboxylic acids is 1. The number of carboxylic acid groups (broad SMARTS) is 1. The number of rotatable bonds is 14. The topological polar surface area (TPSA) is 104 Å². The van der Waals surface area contributed by atoms with Crippen LogP contribution in [-0.4, -0.2) is 33.9 Å². The summed E-state index contributed by atoms with van der Waals surface area (Å²) in [5.74, 6) is -1.52. The van der Waals surface area contributed by atoms with Crippen molar-refractivity contribution >= 4 is 18.0 Å². The standard InChI is InChI=1S/C14H26O2.C11H12O4/c1-2-3-4-5-6-7-8-9-10-11-12-13-14(15)16;1-2-15-11(14)6-4-8-3-5-9(12)10(13)7-8/h5-6H,2-4,7-13H2,1H3,(H,15,16);3-7,12-13H,2H2,1H3/b6-5-;6-4+. The van der Waals surface area contributed by atoms with Crippen molar-refractivity contribution in [1.82, 2.24) is 0 Å². The molecule has 0 radical (unpaired) electrons. The third kappa shape index (κ3) is 17.8. The minimum absolute atomic E-state index is 0.191. The second-order valence-electron chi connectivity index (χ2n) is 7.15. The van der Waals surface area contributed by atoms with Gasteiger partial charge in [0.15, 0.2) is 11.5 Å². The Bertz CT molecular complexity index is 679. The van der Waals surface area contributed by atoms with Gasteiger partial charge in [0.05, 0.1) is 6.61 Å². The molecule has 0 aliphatic rings. The molecule has 6 heteroatoms. The van der Waals surface area contributed by atoms with Gasteiger partial charge in [-0.3, -0.25) is 4.79 Å². The fourth-order valence-corrected chi connectivity index (χ4v) is 2.63. The van der Waals surface area contributed by atoms with Gasteiger partial charge in [0, 0.05) is 12.5 Å². The number of esters is 1. The van der Waals surface area contributed by atoms with Crippen molar-refractivity contribution in [2.24, 2.45) is 0 Å². The minimum Gasteiger partial charge on any atom is -0.504 e. The van der Waals surface area contributed by atoms with E-state index in [1.54, 1.807) is 13.0 Å². The van der Waals surface area contributed by atoms with E-state index in [1.807, 2.05) is 0 Å². The molecule has 0 saturated carbocycles. The summed E-state index contributed by atoms with van der Waals surface area (Å²) in [6.45, 7) is 4.26. The van der Waals surface area contributed by atoms with E-state index in [-0.39, 0.29) is 11.5 Å². The average molecular weight is 435 g/mol. The zero-order chi connectivity index (χ0) is 23.3. The molecule has 0 aromatic heterocycles. The lowest BCUT2D eigenvalue weighted by Crippen LogP contribution is -1.98. The van der Waals surface area contributed by atoms with Crippen LogP contribution < -0.4 is 0 Å². The summed E-state index contributed by atoms with van der Waals surface area (Å²) >= 11 is 0. The lowest BCUT2D eigenvalue weighted by Gasteiger charge is -1.98. The van der Waals surface area contributed by atoms with Crippen LogP contribution in [0.5, 0.6) is 11.5 Å². The van der Waals surface area contributed by atoms with Crippen LogP contribution in [0, 0.1) is 0 Å². The fourth-order valence-electron chi connectivity index (χ4n) is 2.63. The second kappa shape index (κ2) is 19.2. The number of hydrogen-bond acceptors (Lipinski definition) is 5. The van der Waals surface area contributed by atoms with Gasteiger partial charge in [-0.2, -0.15) is 0 Å². The fraction of sp³-hybridized carbons (Fsp3) is 0.520. The first-order valence-corrected chi connectivity index (χ1v) is 11.1. The van der Waals surface area contributed by atoms with E-state index < -0.39 is 11.9 Å². The van der Waals surface area contributed by atoms with Gasteiger partial charge in [0.25, 0.3) is 0 Å². The number of unbranched alkanes of at least 4 members (excludes halogenated alkanes) is 7. The van der Waals surface area contributed by atoms with E-state index in [9.17, 15) is 9.59 Å². The van der Waals surface area contributed by atoms with Crippen molar-refractivity contribution < 1.29 is 29.6 Å². The van der Waals surface area contributed by atoms with Crippen molar-refractivity contribution in [2.75, 3.05) is 6.61 Å². The predicted molar refractivity (Wildman–Crippen MR) is 124 cm³/mol. The molecule has 174 valence electrons. The molecule has 0 saturated heterocycles. The number of phenolic OH excluding ortho intramolecular Hbond substituents is 2. The largest absolute Gasteiger partial charge is 0.504 e. The summed E-state index contributed by atoms with van der Waals surface area (Å²) in [7, 11) is 0. The number of allylic oxidation sites excluding steroid dienone is 2. The first-order chi connectivity index (χ1) is 14.9. The van der Waals surface area contributed by atoms with Crippen LogP contribution in [0.3, 0.4) is 0 Å². The van der Waals surface area contributed by atoms with Crippen molar-refractivity contribution in [3.63, 3.8) is 0 Å². The van der Waals surface area contributed by atoms with Gasteiger partial charge < -0.3 is 20.1 Å². The van der Waals surface area contributed by atoms with Crippen molar-refractivity contribution in [1.29, 1.82) is 0 Å². The van der Waals surface area contributed by atoms with E-state index in [1.165, 1.54) is 69.2 Å². The molecule has 1 aromatic carbocycles. The molecule has 0 aliphatic carbocycles. The molecule has 0 fully saturated rings. The Labute approximate surface area is 186 Å².